The van der Waals surface area contributed by atoms with E-state index >= 15 is 0 Å². The summed E-state index contributed by atoms with van der Waals surface area (Å²) in [5.74, 6) is 0. The molecule has 0 atom stereocenters. The molecule has 0 aliphatic rings. The molecular formula is C16H14. The van der Waals surface area contributed by atoms with Gasteiger partial charge < -0.3 is 0 Å². The summed E-state index contributed by atoms with van der Waals surface area (Å²) in [6.45, 7) is 11.4. The Hall–Kier alpha value is -2.08. The lowest BCUT2D eigenvalue weighted by Crippen LogP contribution is -1.83. The Morgan fingerprint density at radius 2 is 1.50 bits per heavy atom. The minimum absolute atomic E-state index is 1.12. The summed E-state index contributed by atoms with van der Waals surface area (Å²) in [5, 5.41) is 2.41. The van der Waals surface area contributed by atoms with Crippen molar-refractivity contribution in [2.24, 2.45) is 0 Å². The molecule has 0 heterocycles. The van der Waals surface area contributed by atoms with E-state index < -0.39 is 0 Å². The zero-order valence-corrected chi connectivity index (χ0v) is 9.24. The highest BCUT2D eigenvalue weighted by atomic mass is 14.0. The van der Waals surface area contributed by atoms with Gasteiger partial charge in [0, 0.05) is 0 Å². The summed E-state index contributed by atoms with van der Waals surface area (Å²) in [5.41, 5.74) is 3.38. The number of hydrogen-bond donors (Lipinski definition) is 0. The molecule has 0 heteroatoms. The highest BCUT2D eigenvalue weighted by Gasteiger charge is 2.00. The Labute approximate surface area is 96.2 Å². The van der Waals surface area contributed by atoms with E-state index in [1.165, 1.54) is 10.8 Å². The third-order valence-electron chi connectivity index (χ3n) is 2.72. The fourth-order valence-corrected chi connectivity index (χ4v) is 1.84. The van der Waals surface area contributed by atoms with Gasteiger partial charge in [-0.05, 0) is 45.7 Å². The van der Waals surface area contributed by atoms with E-state index in [1.807, 2.05) is 18.2 Å². The minimum atomic E-state index is 1.12. The summed E-state index contributed by atoms with van der Waals surface area (Å²) in [6, 6.07) is 10.5. The van der Waals surface area contributed by atoms with E-state index in [0.717, 1.165) is 16.7 Å². The monoisotopic (exact) mass is 206 g/mol. The number of rotatable bonds is 3. The van der Waals surface area contributed by atoms with Crippen molar-refractivity contribution >= 4 is 29.0 Å². The molecule has 2 aromatic rings. The molecule has 0 unspecified atom stereocenters. The molecule has 0 N–H and O–H groups in total. The molecule has 2 rings (SSSR count). The molecular weight excluding hydrogens is 192 g/mol. The zero-order chi connectivity index (χ0) is 11.5. The lowest BCUT2D eigenvalue weighted by molar-refractivity contribution is 1.66. The van der Waals surface area contributed by atoms with Crippen LogP contribution < -0.4 is 0 Å². The van der Waals surface area contributed by atoms with Gasteiger partial charge in [0.2, 0.25) is 0 Å². The predicted octanol–water partition coefficient (Wildman–Crippen LogP) is 4.77. The van der Waals surface area contributed by atoms with E-state index in [1.54, 1.807) is 0 Å². The van der Waals surface area contributed by atoms with Crippen molar-refractivity contribution in [1.29, 1.82) is 0 Å². The lowest BCUT2D eigenvalue weighted by Gasteiger charge is -2.06. The number of hydrogen-bond acceptors (Lipinski definition) is 0. The van der Waals surface area contributed by atoms with Crippen LogP contribution in [-0.2, 0) is 0 Å². The molecule has 0 saturated heterocycles. The molecule has 0 amide bonds. The van der Waals surface area contributed by atoms with Gasteiger partial charge in [-0.15, -0.1) is 0 Å². The van der Waals surface area contributed by atoms with E-state index in [4.69, 9.17) is 0 Å². The molecule has 16 heavy (non-hydrogen) atoms. The Bertz CT molecular complexity index is 574. The third kappa shape index (κ3) is 1.70. The zero-order valence-electron chi connectivity index (χ0n) is 9.24. The quantitative estimate of drug-likeness (QED) is 0.678. The molecule has 0 radical (unpaired) electrons. The fourth-order valence-electron chi connectivity index (χ4n) is 1.84. The van der Waals surface area contributed by atoms with Crippen LogP contribution in [0.3, 0.4) is 0 Å². The molecule has 0 spiro atoms. The maximum atomic E-state index is 3.85. The molecule has 0 saturated carbocycles. The Balaban J connectivity index is 2.83. The largest absolute Gasteiger partial charge is 0.0985 e. The van der Waals surface area contributed by atoms with Gasteiger partial charge >= 0.3 is 0 Å². The van der Waals surface area contributed by atoms with Gasteiger partial charge in [-0.2, -0.15) is 0 Å². The Morgan fingerprint density at radius 3 is 2.12 bits per heavy atom. The van der Waals surface area contributed by atoms with Gasteiger partial charge in [0.05, 0.1) is 0 Å². The highest BCUT2D eigenvalue weighted by Crippen LogP contribution is 2.24. The average molecular weight is 206 g/mol. The predicted molar refractivity (Wildman–Crippen MR) is 74.2 cm³/mol. The van der Waals surface area contributed by atoms with Gasteiger partial charge in [0.1, 0.15) is 0 Å². The van der Waals surface area contributed by atoms with Crippen molar-refractivity contribution in [1.82, 2.24) is 0 Å². The van der Waals surface area contributed by atoms with Crippen LogP contribution in [0, 0.1) is 0 Å². The lowest BCUT2D eigenvalue weighted by atomic mass is 9.99. The highest BCUT2D eigenvalue weighted by molar-refractivity contribution is 5.93. The summed E-state index contributed by atoms with van der Waals surface area (Å²) >= 11 is 0. The smallest absolute Gasteiger partial charge is 0.0105 e. The van der Waals surface area contributed by atoms with E-state index in [-0.39, 0.29) is 0 Å². The first-order valence-electron chi connectivity index (χ1n) is 5.23. The van der Waals surface area contributed by atoms with Crippen molar-refractivity contribution in [2.75, 3.05) is 0 Å². The topological polar surface area (TPSA) is 0 Å². The van der Waals surface area contributed by atoms with Crippen LogP contribution in [0.5, 0.6) is 0 Å². The van der Waals surface area contributed by atoms with Crippen LogP contribution in [0.2, 0.25) is 0 Å². The third-order valence-corrected chi connectivity index (χ3v) is 2.72. The van der Waals surface area contributed by atoms with Crippen LogP contribution in [0.1, 0.15) is 16.7 Å². The van der Waals surface area contributed by atoms with Gasteiger partial charge in [-0.25, -0.2) is 0 Å². The Kier molecular flexibility index (Phi) is 2.74. The van der Waals surface area contributed by atoms with Gasteiger partial charge in [0.25, 0.3) is 0 Å². The molecule has 0 aromatic heterocycles. The first-order valence-corrected chi connectivity index (χ1v) is 5.23. The number of fused-ring (bicyclic) bond motifs is 1. The molecule has 0 aliphatic heterocycles. The van der Waals surface area contributed by atoms with Gasteiger partial charge in [-0.1, -0.05) is 50.1 Å². The first kappa shape index (κ1) is 10.4. The summed E-state index contributed by atoms with van der Waals surface area (Å²) in [6.07, 6.45) is 5.59. The average Bonchev–Trinajstić information content (AvgIpc) is 2.36. The van der Waals surface area contributed by atoms with Crippen molar-refractivity contribution in [3.63, 3.8) is 0 Å². The van der Waals surface area contributed by atoms with E-state index in [0.29, 0.717) is 0 Å². The molecule has 2 aromatic carbocycles. The second-order valence-corrected chi connectivity index (χ2v) is 3.70. The molecule has 0 bridgehead atoms. The summed E-state index contributed by atoms with van der Waals surface area (Å²) in [7, 11) is 0. The standard InChI is InChI=1S/C16H14/c1-4-12-7-8-15-10-13(5-2)9-14(6-3)16(15)11-12/h4-11H,1-3H2. The van der Waals surface area contributed by atoms with Crippen LogP contribution in [0.15, 0.2) is 50.1 Å². The molecule has 0 aliphatic carbocycles. The second kappa shape index (κ2) is 4.19. The van der Waals surface area contributed by atoms with Crippen LogP contribution in [0.25, 0.3) is 29.0 Å². The van der Waals surface area contributed by atoms with E-state index in [2.05, 4.69) is 50.1 Å². The normalized spacial score (nSPS) is 10.0. The maximum Gasteiger partial charge on any atom is -0.0105 e. The summed E-state index contributed by atoms with van der Waals surface area (Å²) < 4.78 is 0. The summed E-state index contributed by atoms with van der Waals surface area (Å²) in [4.78, 5) is 0. The van der Waals surface area contributed by atoms with E-state index in [9.17, 15) is 0 Å². The maximum absolute atomic E-state index is 3.85. The number of benzene rings is 2. The van der Waals surface area contributed by atoms with Crippen LogP contribution in [-0.4, -0.2) is 0 Å². The Morgan fingerprint density at radius 1 is 0.750 bits per heavy atom. The van der Waals surface area contributed by atoms with Crippen LogP contribution in [0.4, 0.5) is 0 Å². The van der Waals surface area contributed by atoms with Crippen molar-refractivity contribution < 1.29 is 0 Å². The van der Waals surface area contributed by atoms with Crippen molar-refractivity contribution in [3.05, 3.63) is 66.8 Å². The van der Waals surface area contributed by atoms with Gasteiger partial charge in [-0.3, -0.25) is 0 Å². The first-order chi connectivity index (χ1) is 7.78. The minimum Gasteiger partial charge on any atom is -0.0985 e. The van der Waals surface area contributed by atoms with Crippen molar-refractivity contribution in [2.45, 2.75) is 0 Å². The molecule has 0 nitrogen and oxygen atoms in total. The molecule has 0 fully saturated rings. The molecule has 78 valence electrons. The second-order valence-electron chi connectivity index (χ2n) is 3.70. The van der Waals surface area contributed by atoms with Gasteiger partial charge in [0.15, 0.2) is 0 Å². The SMILES string of the molecule is C=Cc1cc(C=C)c2cc(C=C)ccc2c1. The van der Waals surface area contributed by atoms with Crippen LogP contribution >= 0.6 is 0 Å². The fraction of sp³-hybridized carbons (Fsp3) is 0. The van der Waals surface area contributed by atoms with Crippen molar-refractivity contribution in [3.8, 4) is 0 Å².